The monoisotopic (exact) mass is 937 g/mol. The molecule has 0 spiro atoms. The van der Waals surface area contributed by atoms with Crippen LogP contribution in [0.4, 0.5) is 0 Å². The molecular weight excluding hydrogens is 841 g/mol. The first-order valence-electron chi connectivity index (χ1n) is 26.0. The number of aliphatic hydroxyl groups excluding tert-OH is 9. The smallest absolute Gasteiger partial charge is 0.220 e. The van der Waals surface area contributed by atoms with Crippen LogP contribution >= 0.6 is 0 Å². The molecule has 1 amide bonds. The van der Waals surface area contributed by atoms with E-state index >= 15 is 0 Å². The van der Waals surface area contributed by atoms with Crippen molar-refractivity contribution in [2.75, 3.05) is 26.9 Å². The van der Waals surface area contributed by atoms with Crippen molar-refractivity contribution in [3.8, 4) is 0 Å². The maximum absolute atomic E-state index is 13.4. The molecule has 2 rings (SSSR count). The summed E-state index contributed by atoms with van der Waals surface area (Å²) in [4.78, 5) is 19.0. The molecule has 2 fully saturated rings. The molecule has 0 aromatic carbocycles. The summed E-state index contributed by atoms with van der Waals surface area (Å²) in [5.41, 5.74) is 0. The number of aliphatic hydroxyl groups is 9. The highest BCUT2D eigenvalue weighted by atomic mass is 16.7. The Hall–Kier alpha value is -1.09. The largest absolute Gasteiger partial charge is 0.394 e. The lowest BCUT2D eigenvalue weighted by atomic mass is 9.95. The van der Waals surface area contributed by atoms with Crippen molar-refractivity contribution in [2.45, 2.75) is 280 Å². The topological polar surface area (TPSA) is 251 Å². The zero-order chi connectivity index (χ0) is 47.8. The predicted octanol–water partition coefficient (Wildman–Crippen LogP) is 5.03. The van der Waals surface area contributed by atoms with Gasteiger partial charge in [-0.2, -0.15) is 5.06 Å². The summed E-state index contributed by atoms with van der Waals surface area (Å²) >= 11 is 0. The molecule has 0 radical (unpaired) electrons. The average molecular weight is 937 g/mol. The Morgan fingerprint density at radius 1 is 0.569 bits per heavy atom. The van der Waals surface area contributed by atoms with Crippen LogP contribution < -0.4 is 5.32 Å². The number of carbonyl (C=O) groups is 1. The van der Waals surface area contributed by atoms with Crippen LogP contribution in [0.1, 0.15) is 200 Å². The number of unbranched alkanes of at least 4 members (excludes halogenated alkanes) is 25. The van der Waals surface area contributed by atoms with E-state index in [-0.39, 0.29) is 18.9 Å². The number of carbonyl (C=O) groups excluding carboxylic acids is 1. The van der Waals surface area contributed by atoms with Gasteiger partial charge in [-0.15, -0.1) is 0 Å². The second-order valence-electron chi connectivity index (χ2n) is 18.9. The molecule has 0 aromatic rings. The third kappa shape index (κ3) is 23.4. The molecule has 0 aliphatic carbocycles. The van der Waals surface area contributed by atoms with E-state index in [0.717, 1.165) is 43.6 Å². The van der Waals surface area contributed by atoms with Crippen LogP contribution in [-0.4, -0.2) is 163 Å². The molecular formula is C49H96N2O14. The lowest BCUT2D eigenvalue weighted by Crippen LogP contribution is -2.67. The van der Waals surface area contributed by atoms with Gasteiger partial charge in [0.2, 0.25) is 5.91 Å². The number of nitrogens with zero attached hydrogens (tertiary/aromatic N) is 1. The van der Waals surface area contributed by atoms with Crippen LogP contribution in [0.5, 0.6) is 0 Å². The molecule has 0 saturated carbocycles. The Morgan fingerprint density at radius 3 is 1.46 bits per heavy atom. The van der Waals surface area contributed by atoms with Crippen molar-refractivity contribution in [3.63, 3.8) is 0 Å². The third-order valence-electron chi connectivity index (χ3n) is 13.4. The molecule has 0 unspecified atom stereocenters. The van der Waals surface area contributed by atoms with E-state index in [1.54, 1.807) is 0 Å². The Bertz CT molecular complexity index is 1140. The summed E-state index contributed by atoms with van der Waals surface area (Å²) in [6.07, 6.45) is 13.6. The van der Waals surface area contributed by atoms with Crippen molar-refractivity contribution in [3.05, 3.63) is 0 Å². The number of ether oxygens (including phenoxy) is 3. The fourth-order valence-electron chi connectivity index (χ4n) is 9.09. The molecule has 65 heavy (non-hydrogen) atoms. The van der Waals surface area contributed by atoms with E-state index in [9.17, 15) is 50.8 Å². The quantitative estimate of drug-likeness (QED) is 0.0286. The fraction of sp³-hybridized carbons (Fsp3) is 0.980. The third-order valence-corrected chi connectivity index (χ3v) is 13.4. The Labute approximate surface area is 391 Å². The van der Waals surface area contributed by atoms with Gasteiger partial charge in [0.05, 0.1) is 39.0 Å². The Kier molecular flexibility index (Phi) is 34.0. The van der Waals surface area contributed by atoms with Gasteiger partial charge in [-0.25, -0.2) is 0 Å². The molecule has 0 aromatic heterocycles. The van der Waals surface area contributed by atoms with Crippen LogP contribution in [0.25, 0.3) is 0 Å². The molecule has 10 N–H and O–H groups in total. The minimum Gasteiger partial charge on any atom is -0.394 e. The summed E-state index contributed by atoms with van der Waals surface area (Å²) in [5, 5.41) is 100. The van der Waals surface area contributed by atoms with E-state index < -0.39 is 92.8 Å². The van der Waals surface area contributed by atoms with E-state index in [4.69, 9.17) is 19.0 Å². The normalized spacial score (nSPS) is 27.5. The summed E-state index contributed by atoms with van der Waals surface area (Å²) in [6.45, 7) is 2.71. The van der Waals surface area contributed by atoms with E-state index in [2.05, 4.69) is 19.2 Å². The molecule has 16 heteroatoms. The molecule has 2 saturated heterocycles. The molecule has 0 bridgehead atoms. The Balaban J connectivity index is 1.97. The molecule has 16 nitrogen and oxygen atoms in total. The number of hydrogen-bond donors (Lipinski definition) is 10. The first-order chi connectivity index (χ1) is 31.4. The van der Waals surface area contributed by atoms with Gasteiger partial charge < -0.3 is 65.5 Å². The van der Waals surface area contributed by atoms with Crippen molar-refractivity contribution >= 4 is 5.91 Å². The van der Waals surface area contributed by atoms with Crippen LogP contribution in [-0.2, 0) is 23.8 Å². The van der Waals surface area contributed by atoms with Gasteiger partial charge >= 0.3 is 0 Å². The standard InChI is InChI=1S/C49H96N2O14/c1-4-6-8-10-12-14-16-18-19-20-22-24-26-28-30-32-40(55)50-36(41(56)37(54)31-29-27-25-23-21-17-15-13-11-9-7-5-2)33-51(62-3)48-45(60)44(59)47(39(35-53)63-48)65-49-46(61)43(58)42(57)38(34-52)64-49/h36-39,41-49,52-54,56-61H,4-35H2,1-3H3,(H,50,55)/t36-,37+,38+,39+,41-,42-,43-,44+,45+,46+,47+,48+,49-/m0/s1. The molecule has 2 aliphatic rings. The Morgan fingerprint density at radius 2 is 1.02 bits per heavy atom. The predicted molar refractivity (Wildman–Crippen MR) is 249 cm³/mol. The number of rotatable bonds is 40. The number of hydrogen-bond acceptors (Lipinski definition) is 15. The van der Waals surface area contributed by atoms with Crippen LogP contribution in [0, 0.1) is 0 Å². The highest BCUT2D eigenvalue weighted by Gasteiger charge is 2.52. The molecule has 13 atom stereocenters. The van der Waals surface area contributed by atoms with Gasteiger partial charge in [0.15, 0.2) is 12.5 Å². The van der Waals surface area contributed by atoms with Gasteiger partial charge in [-0.1, -0.05) is 181 Å². The number of nitrogens with one attached hydrogen (secondary N) is 1. The zero-order valence-corrected chi connectivity index (χ0v) is 40.6. The van der Waals surface area contributed by atoms with Crippen LogP contribution in [0.2, 0.25) is 0 Å². The van der Waals surface area contributed by atoms with Crippen LogP contribution in [0.3, 0.4) is 0 Å². The highest BCUT2D eigenvalue weighted by molar-refractivity contribution is 5.76. The molecule has 2 heterocycles. The van der Waals surface area contributed by atoms with Crippen molar-refractivity contribution < 1.29 is 69.8 Å². The summed E-state index contributed by atoms with van der Waals surface area (Å²) in [7, 11) is 1.27. The van der Waals surface area contributed by atoms with Gasteiger partial charge in [0, 0.05) is 6.42 Å². The molecule has 2 aliphatic heterocycles. The first kappa shape index (κ1) is 60.0. The lowest BCUT2D eigenvalue weighted by molar-refractivity contribution is -0.367. The van der Waals surface area contributed by atoms with Crippen molar-refractivity contribution in [1.82, 2.24) is 10.4 Å². The average Bonchev–Trinajstić information content (AvgIpc) is 3.30. The second-order valence-corrected chi connectivity index (χ2v) is 18.9. The lowest BCUT2D eigenvalue weighted by Gasteiger charge is -2.48. The van der Waals surface area contributed by atoms with Gasteiger partial charge in [-0.05, 0) is 12.8 Å². The fourth-order valence-corrected chi connectivity index (χ4v) is 9.09. The van der Waals surface area contributed by atoms with Gasteiger partial charge in [0.25, 0.3) is 0 Å². The van der Waals surface area contributed by atoms with Gasteiger partial charge in [0.1, 0.15) is 54.9 Å². The minimum absolute atomic E-state index is 0.216. The minimum atomic E-state index is -1.81. The maximum atomic E-state index is 13.4. The summed E-state index contributed by atoms with van der Waals surface area (Å²) in [5.74, 6) is -0.316. The summed E-state index contributed by atoms with van der Waals surface area (Å²) in [6, 6.07) is -1.09. The maximum Gasteiger partial charge on any atom is 0.220 e. The first-order valence-corrected chi connectivity index (χ1v) is 26.0. The number of hydroxylamine groups is 2. The zero-order valence-electron chi connectivity index (χ0n) is 40.6. The van der Waals surface area contributed by atoms with Crippen molar-refractivity contribution in [2.24, 2.45) is 0 Å². The van der Waals surface area contributed by atoms with E-state index in [1.807, 2.05) is 0 Å². The number of amides is 1. The van der Waals surface area contributed by atoms with Crippen molar-refractivity contribution in [1.29, 1.82) is 0 Å². The second kappa shape index (κ2) is 36.8. The SMILES string of the molecule is CCCCCCCCCCCCCCCCCC(=O)N[C@@H](CN(OC)[C@@H]1O[C@H](CO)[C@@H](O[C@@H]2O[C@H](CO)[C@H](O)[C@H](O)[C@H]2O)[C@H](O)[C@H]1O)[C@H](O)[C@H](O)CCCCCCCCCCCCCC. The summed E-state index contributed by atoms with van der Waals surface area (Å²) < 4.78 is 17.1. The van der Waals surface area contributed by atoms with Gasteiger partial charge in [-0.3, -0.25) is 9.63 Å². The molecule has 386 valence electrons. The highest BCUT2D eigenvalue weighted by Crippen LogP contribution is 2.31. The van der Waals surface area contributed by atoms with Crippen LogP contribution in [0.15, 0.2) is 0 Å². The van der Waals surface area contributed by atoms with E-state index in [1.165, 1.54) is 129 Å². The van der Waals surface area contributed by atoms with E-state index in [0.29, 0.717) is 19.3 Å².